The van der Waals surface area contributed by atoms with E-state index in [0.717, 1.165) is 64.1 Å². The van der Waals surface area contributed by atoms with Crippen LogP contribution in [0.3, 0.4) is 0 Å². The topological polar surface area (TPSA) is 41.6 Å². The standard InChI is InChI=1S/C20H27ClN2O2/c21-19-4-2-1-3-17(19)5-6-20(24)22-15-16-7-11-23(12-8-16)18-9-13-25-14-10-18/h1-6,16,18H,7-15H2,(H,22,24)/b6-5+. The molecule has 0 spiro atoms. The van der Waals surface area contributed by atoms with Crippen molar-refractivity contribution in [2.24, 2.45) is 5.92 Å². The number of hydrogen-bond donors (Lipinski definition) is 1. The highest BCUT2D eigenvalue weighted by atomic mass is 35.5. The first kappa shape index (κ1) is 18.4. The second-order valence-electron chi connectivity index (χ2n) is 6.92. The minimum Gasteiger partial charge on any atom is -0.381 e. The van der Waals surface area contributed by atoms with Crippen molar-refractivity contribution in [2.45, 2.75) is 31.7 Å². The quantitative estimate of drug-likeness (QED) is 0.816. The fourth-order valence-corrected chi connectivity index (χ4v) is 3.85. The van der Waals surface area contributed by atoms with Crippen LogP contribution in [0, 0.1) is 5.92 Å². The lowest BCUT2D eigenvalue weighted by Gasteiger charge is -2.39. The smallest absolute Gasteiger partial charge is 0.244 e. The lowest BCUT2D eigenvalue weighted by Crippen LogP contribution is -2.45. The summed E-state index contributed by atoms with van der Waals surface area (Å²) in [7, 11) is 0. The SMILES string of the molecule is O=C(/C=C/c1ccccc1Cl)NCC1CCN(C2CCOCC2)CC1. The molecule has 4 nitrogen and oxygen atoms in total. The summed E-state index contributed by atoms with van der Waals surface area (Å²) >= 11 is 6.09. The lowest BCUT2D eigenvalue weighted by atomic mass is 9.94. The van der Waals surface area contributed by atoms with Crippen LogP contribution in [0.5, 0.6) is 0 Å². The molecule has 1 N–H and O–H groups in total. The fraction of sp³-hybridized carbons (Fsp3) is 0.550. The summed E-state index contributed by atoms with van der Waals surface area (Å²) in [5.41, 5.74) is 0.865. The molecular weight excluding hydrogens is 336 g/mol. The van der Waals surface area contributed by atoms with E-state index in [4.69, 9.17) is 16.3 Å². The van der Waals surface area contributed by atoms with Crippen LogP contribution < -0.4 is 5.32 Å². The van der Waals surface area contributed by atoms with Gasteiger partial charge in [0.1, 0.15) is 0 Å². The summed E-state index contributed by atoms with van der Waals surface area (Å²) in [6, 6.07) is 8.22. The molecule has 0 aromatic heterocycles. The summed E-state index contributed by atoms with van der Waals surface area (Å²) in [4.78, 5) is 14.6. The van der Waals surface area contributed by atoms with Crippen LogP contribution in [-0.4, -0.2) is 49.7 Å². The number of carbonyl (C=O) groups excluding carboxylic acids is 1. The monoisotopic (exact) mass is 362 g/mol. The van der Waals surface area contributed by atoms with Gasteiger partial charge in [-0.25, -0.2) is 0 Å². The average molecular weight is 363 g/mol. The number of benzene rings is 1. The Balaban J connectivity index is 1.38. The number of amides is 1. The van der Waals surface area contributed by atoms with Crippen LogP contribution in [0.25, 0.3) is 6.08 Å². The van der Waals surface area contributed by atoms with Gasteiger partial charge in [0.15, 0.2) is 0 Å². The van der Waals surface area contributed by atoms with E-state index in [1.165, 1.54) is 0 Å². The number of nitrogens with one attached hydrogen (secondary N) is 1. The zero-order chi connectivity index (χ0) is 17.5. The third-order valence-corrected chi connectivity index (χ3v) is 5.59. The molecule has 2 aliphatic heterocycles. The highest BCUT2D eigenvalue weighted by Gasteiger charge is 2.26. The van der Waals surface area contributed by atoms with Crippen LogP contribution in [0.4, 0.5) is 0 Å². The molecule has 3 rings (SSSR count). The molecule has 1 aromatic rings. The van der Waals surface area contributed by atoms with Gasteiger partial charge in [0.25, 0.3) is 0 Å². The molecule has 2 heterocycles. The van der Waals surface area contributed by atoms with E-state index in [0.29, 0.717) is 17.0 Å². The number of piperidine rings is 1. The van der Waals surface area contributed by atoms with E-state index < -0.39 is 0 Å². The Bertz CT molecular complexity index is 591. The third kappa shape index (κ3) is 5.56. The Morgan fingerprint density at radius 2 is 1.92 bits per heavy atom. The first-order valence-corrected chi connectivity index (χ1v) is 9.62. The van der Waals surface area contributed by atoms with Crippen molar-refractivity contribution in [1.29, 1.82) is 0 Å². The largest absolute Gasteiger partial charge is 0.381 e. The molecule has 0 saturated carbocycles. The normalized spacial score (nSPS) is 20.8. The molecule has 2 aliphatic rings. The summed E-state index contributed by atoms with van der Waals surface area (Å²) in [5, 5.41) is 3.69. The maximum absolute atomic E-state index is 12.0. The Morgan fingerprint density at radius 1 is 1.20 bits per heavy atom. The predicted molar refractivity (Wildman–Crippen MR) is 102 cm³/mol. The molecule has 0 unspecified atom stereocenters. The molecule has 5 heteroatoms. The molecule has 136 valence electrons. The van der Waals surface area contributed by atoms with Crippen LogP contribution in [0.2, 0.25) is 5.02 Å². The van der Waals surface area contributed by atoms with E-state index in [1.807, 2.05) is 24.3 Å². The van der Waals surface area contributed by atoms with Crippen molar-refractivity contribution in [3.63, 3.8) is 0 Å². The highest BCUT2D eigenvalue weighted by molar-refractivity contribution is 6.32. The first-order chi connectivity index (χ1) is 12.2. The van der Waals surface area contributed by atoms with Gasteiger partial charge in [-0.1, -0.05) is 29.8 Å². The van der Waals surface area contributed by atoms with E-state index in [9.17, 15) is 4.79 Å². The van der Waals surface area contributed by atoms with Crippen LogP contribution >= 0.6 is 11.6 Å². The maximum Gasteiger partial charge on any atom is 0.244 e. The lowest BCUT2D eigenvalue weighted by molar-refractivity contribution is -0.116. The molecule has 0 bridgehead atoms. The zero-order valence-corrected chi connectivity index (χ0v) is 15.4. The Kier molecular flexibility index (Phi) is 6.91. The van der Waals surface area contributed by atoms with E-state index in [2.05, 4.69) is 10.2 Å². The summed E-state index contributed by atoms with van der Waals surface area (Å²) < 4.78 is 5.45. The van der Waals surface area contributed by atoms with Gasteiger partial charge in [0.2, 0.25) is 5.91 Å². The van der Waals surface area contributed by atoms with Crippen molar-refractivity contribution < 1.29 is 9.53 Å². The number of carbonyl (C=O) groups is 1. The number of nitrogens with zero attached hydrogens (tertiary/aromatic N) is 1. The Hall–Kier alpha value is -1.36. The van der Waals surface area contributed by atoms with Gasteiger partial charge >= 0.3 is 0 Å². The van der Waals surface area contributed by atoms with Crippen molar-refractivity contribution >= 4 is 23.6 Å². The molecule has 2 saturated heterocycles. The second kappa shape index (κ2) is 9.37. The third-order valence-electron chi connectivity index (χ3n) is 5.24. The minimum atomic E-state index is -0.0493. The summed E-state index contributed by atoms with van der Waals surface area (Å²) in [6.45, 7) is 4.84. The first-order valence-electron chi connectivity index (χ1n) is 9.24. The van der Waals surface area contributed by atoms with Crippen molar-refractivity contribution in [3.8, 4) is 0 Å². The number of ether oxygens (including phenoxy) is 1. The molecule has 0 aliphatic carbocycles. The average Bonchev–Trinajstić information content (AvgIpc) is 2.67. The molecule has 0 radical (unpaired) electrons. The van der Waals surface area contributed by atoms with E-state index >= 15 is 0 Å². The maximum atomic E-state index is 12.0. The molecule has 25 heavy (non-hydrogen) atoms. The fourth-order valence-electron chi connectivity index (χ4n) is 3.65. The molecular formula is C20H27ClN2O2. The van der Waals surface area contributed by atoms with Gasteiger partial charge in [-0.15, -0.1) is 0 Å². The molecule has 1 amide bonds. The van der Waals surface area contributed by atoms with Gasteiger partial charge in [-0.2, -0.15) is 0 Å². The van der Waals surface area contributed by atoms with Gasteiger partial charge in [0.05, 0.1) is 0 Å². The number of likely N-dealkylation sites (tertiary alicyclic amines) is 1. The number of hydrogen-bond acceptors (Lipinski definition) is 3. The van der Waals surface area contributed by atoms with Crippen molar-refractivity contribution in [3.05, 3.63) is 40.9 Å². The molecule has 0 atom stereocenters. The van der Waals surface area contributed by atoms with Gasteiger partial charge in [-0.3, -0.25) is 4.79 Å². The van der Waals surface area contributed by atoms with Crippen LogP contribution in [0.1, 0.15) is 31.2 Å². The molecule has 1 aromatic carbocycles. The van der Waals surface area contributed by atoms with Crippen molar-refractivity contribution in [1.82, 2.24) is 10.2 Å². The highest BCUT2D eigenvalue weighted by Crippen LogP contribution is 2.22. The second-order valence-corrected chi connectivity index (χ2v) is 7.33. The van der Waals surface area contributed by atoms with Gasteiger partial charge in [0, 0.05) is 36.9 Å². The van der Waals surface area contributed by atoms with E-state index in [-0.39, 0.29) is 5.91 Å². The predicted octanol–water partition coefficient (Wildman–Crippen LogP) is 3.36. The summed E-state index contributed by atoms with van der Waals surface area (Å²) in [5.74, 6) is 0.528. The van der Waals surface area contributed by atoms with Crippen LogP contribution in [-0.2, 0) is 9.53 Å². The Morgan fingerprint density at radius 3 is 2.64 bits per heavy atom. The van der Waals surface area contributed by atoms with Crippen molar-refractivity contribution in [2.75, 3.05) is 32.8 Å². The Labute approximate surface area is 155 Å². The number of rotatable bonds is 5. The number of halogens is 1. The summed E-state index contributed by atoms with van der Waals surface area (Å²) in [6.07, 6.45) is 7.98. The van der Waals surface area contributed by atoms with Crippen LogP contribution in [0.15, 0.2) is 30.3 Å². The van der Waals surface area contributed by atoms with E-state index in [1.54, 1.807) is 12.2 Å². The molecule has 2 fully saturated rings. The minimum absolute atomic E-state index is 0.0493. The van der Waals surface area contributed by atoms with Gasteiger partial charge in [-0.05, 0) is 62.4 Å². The zero-order valence-electron chi connectivity index (χ0n) is 14.6. The van der Waals surface area contributed by atoms with Gasteiger partial charge < -0.3 is 15.0 Å².